The maximum absolute atomic E-state index is 15.1. The van der Waals surface area contributed by atoms with Crippen molar-refractivity contribution in [1.29, 1.82) is 0 Å². The van der Waals surface area contributed by atoms with Crippen molar-refractivity contribution in [3.8, 4) is 46.0 Å². The van der Waals surface area contributed by atoms with Crippen LogP contribution in [0.5, 0.6) is 46.0 Å². The monoisotopic (exact) mass is 750 g/mol. The van der Waals surface area contributed by atoms with Crippen molar-refractivity contribution in [1.82, 2.24) is 9.80 Å². The van der Waals surface area contributed by atoms with Crippen LogP contribution in [0.4, 0.5) is 4.39 Å². The molecule has 0 amide bonds. The average Bonchev–Trinajstić information content (AvgIpc) is 3.17. The Bertz CT molecular complexity index is 2170. The highest BCUT2D eigenvalue weighted by Gasteiger charge is 2.35. The zero-order valence-electron chi connectivity index (χ0n) is 31.2. The van der Waals surface area contributed by atoms with Crippen molar-refractivity contribution in [2.45, 2.75) is 44.4 Å². The molecule has 0 radical (unpaired) electrons. The quantitative estimate of drug-likeness (QED) is 0.170. The lowest BCUT2D eigenvalue weighted by molar-refractivity contribution is 0.216. The van der Waals surface area contributed by atoms with E-state index in [-0.39, 0.29) is 29.3 Å². The number of likely N-dealkylation sites (N-methyl/N-ethyl adjacent to an activating group) is 2. The lowest BCUT2D eigenvalue weighted by atomic mass is 9.87. The number of benzene rings is 5. The van der Waals surface area contributed by atoms with E-state index in [0.29, 0.717) is 46.7 Å². The van der Waals surface area contributed by atoms with Gasteiger partial charge in [0.15, 0.2) is 34.5 Å². The van der Waals surface area contributed by atoms with Gasteiger partial charge in [-0.15, -0.1) is 0 Å². The fraction of sp³-hybridized carbons (Fsp3) is 0.318. The third-order valence-corrected chi connectivity index (χ3v) is 11.4. The first-order valence-electron chi connectivity index (χ1n) is 18.3. The molecule has 10 heteroatoms. The fourth-order valence-corrected chi connectivity index (χ4v) is 8.25. The highest BCUT2D eigenvalue weighted by atomic mass is 35.5. The molecular weight excluding hydrogens is 707 g/mol. The van der Waals surface area contributed by atoms with Gasteiger partial charge in [0.2, 0.25) is 5.75 Å². The van der Waals surface area contributed by atoms with Gasteiger partial charge in [0.1, 0.15) is 18.2 Å². The summed E-state index contributed by atoms with van der Waals surface area (Å²) in [5.74, 6) is 4.08. The summed E-state index contributed by atoms with van der Waals surface area (Å²) in [4.78, 5) is 4.72. The summed E-state index contributed by atoms with van der Waals surface area (Å²) in [6, 6.07) is 25.2. The molecule has 2 atom stereocenters. The molecule has 8 nitrogen and oxygen atoms in total. The Balaban J connectivity index is 1.35. The zero-order chi connectivity index (χ0) is 37.5. The zero-order valence-corrected chi connectivity index (χ0v) is 32.0. The summed E-state index contributed by atoms with van der Waals surface area (Å²) in [5, 5.41) is 0.277. The molecule has 54 heavy (non-hydrogen) atoms. The van der Waals surface area contributed by atoms with Gasteiger partial charge in [0, 0.05) is 36.3 Å². The number of fused-ring (bicyclic) bond motifs is 2. The van der Waals surface area contributed by atoms with Gasteiger partial charge in [-0.25, -0.2) is 4.39 Å². The second-order valence-corrected chi connectivity index (χ2v) is 14.6. The first-order chi connectivity index (χ1) is 26.2. The van der Waals surface area contributed by atoms with Gasteiger partial charge < -0.3 is 28.4 Å². The standard InChI is InChI=1S/C44H44ClFN2O6/c1-47-17-15-28-22-38(50-4)40-24-31(28)35(47)19-26-9-12-30(13-10-26)53-39-21-27(11-14-37(39)49-3)20-36-42-29(16-18-48(36)2)23-41(51-5)43(44(42)54-40)52-25-32-33(45)7-6-8-34(32)46/h6-14,21-24,35-36H,15-20,25H2,1-5H3/t35-,36-/m0/s1. The second kappa shape index (κ2) is 15.1. The molecule has 4 aliphatic rings. The van der Waals surface area contributed by atoms with Crippen LogP contribution in [0.1, 0.15) is 51.0 Å². The first kappa shape index (κ1) is 36.0. The SMILES string of the molecule is COc1ccc2cc1Oc1ccc(cc1)C[C@H]1c3cc(c(OC)cc3CCN1C)Oc1c(OCc3c(F)cccc3Cl)c(OC)cc3c1[C@H](C2)N(C)CC3. The Labute approximate surface area is 320 Å². The minimum Gasteiger partial charge on any atom is -0.493 e. The Morgan fingerprint density at radius 1 is 0.722 bits per heavy atom. The molecule has 4 aliphatic heterocycles. The average molecular weight is 751 g/mol. The van der Waals surface area contributed by atoms with Crippen molar-refractivity contribution in [2.75, 3.05) is 48.5 Å². The number of rotatable bonds is 6. The molecular formula is C44H44ClFN2O6. The van der Waals surface area contributed by atoms with Gasteiger partial charge >= 0.3 is 0 Å². The fourth-order valence-electron chi connectivity index (χ4n) is 8.03. The van der Waals surface area contributed by atoms with Gasteiger partial charge in [0.25, 0.3) is 0 Å². The molecule has 0 N–H and O–H groups in total. The molecule has 5 aromatic rings. The van der Waals surface area contributed by atoms with Crippen LogP contribution in [0.2, 0.25) is 5.02 Å². The van der Waals surface area contributed by atoms with Crippen molar-refractivity contribution in [3.05, 3.63) is 129 Å². The topological polar surface area (TPSA) is 61.9 Å². The number of hydrogen-bond donors (Lipinski definition) is 0. The Morgan fingerprint density at radius 2 is 1.39 bits per heavy atom. The van der Waals surface area contributed by atoms with Crippen LogP contribution in [0, 0.1) is 5.82 Å². The van der Waals surface area contributed by atoms with Crippen LogP contribution < -0.4 is 28.4 Å². The highest BCUT2D eigenvalue weighted by molar-refractivity contribution is 6.31. The number of halogens is 2. The van der Waals surface area contributed by atoms with Crippen LogP contribution in [-0.2, 0) is 32.3 Å². The smallest absolute Gasteiger partial charge is 0.204 e. The van der Waals surface area contributed by atoms with E-state index in [2.05, 4.69) is 54.2 Å². The van der Waals surface area contributed by atoms with Gasteiger partial charge in [-0.3, -0.25) is 9.80 Å². The predicted molar refractivity (Wildman–Crippen MR) is 207 cm³/mol. The molecule has 4 heterocycles. The molecule has 0 saturated heterocycles. The summed E-state index contributed by atoms with van der Waals surface area (Å²) < 4.78 is 53.1. The summed E-state index contributed by atoms with van der Waals surface area (Å²) in [6.45, 7) is 1.59. The van der Waals surface area contributed by atoms with Crippen molar-refractivity contribution < 1.29 is 32.8 Å². The number of methoxy groups -OCH3 is 3. The van der Waals surface area contributed by atoms with Crippen molar-refractivity contribution in [3.63, 3.8) is 0 Å². The maximum Gasteiger partial charge on any atom is 0.204 e. The molecule has 9 rings (SSSR count). The highest BCUT2D eigenvalue weighted by Crippen LogP contribution is 2.52. The largest absolute Gasteiger partial charge is 0.493 e. The molecule has 0 saturated carbocycles. The van der Waals surface area contributed by atoms with Crippen molar-refractivity contribution in [2.24, 2.45) is 0 Å². The number of ether oxygens (including phenoxy) is 6. The Morgan fingerprint density at radius 3 is 2.13 bits per heavy atom. The Kier molecular flexibility index (Phi) is 10.0. The van der Waals surface area contributed by atoms with Gasteiger partial charge in [0.05, 0.1) is 26.4 Å². The number of nitrogens with zero attached hydrogens (tertiary/aromatic N) is 2. The molecule has 0 aliphatic carbocycles. The van der Waals surface area contributed by atoms with Gasteiger partial charge in [-0.1, -0.05) is 35.9 Å². The van der Waals surface area contributed by atoms with E-state index in [1.807, 2.05) is 30.3 Å². The summed E-state index contributed by atoms with van der Waals surface area (Å²) in [6.07, 6.45) is 3.05. The molecule has 0 aromatic heterocycles. The van der Waals surface area contributed by atoms with E-state index in [1.54, 1.807) is 33.5 Å². The lowest BCUT2D eigenvalue weighted by Gasteiger charge is -2.37. The first-order valence-corrected chi connectivity index (χ1v) is 18.6. The third kappa shape index (κ3) is 6.81. The van der Waals surface area contributed by atoms with E-state index >= 15 is 4.39 Å². The third-order valence-electron chi connectivity index (χ3n) is 11.1. The summed E-state index contributed by atoms with van der Waals surface area (Å²) in [7, 11) is 9.21. The van der Waals surface area contributed by atoms with Crippen LogP contribution in [0.15, 0.2) is 78.9 Å². The molecule has 5 aromatic carbocycles. The van der Waals surface area contributed by atoms with Crippen LogP contribution in [-0.4, -0.2) is 58.3 Å². The molecule has 0 spiro atoms. The van der Waals surface area contributed by atoms with Crippen LogP contribution in [0.25, 0.3) is 0 Å². The molecule has 0 fully saturated rings. The minimum absolute atomic E-state index is 0.0847. The minimum atomic E-state index is -0.453. The molecule has 6 bridgehead atoms. The van der Waals surface area contributed by atoms with E-state index in [0.717, 1.165) is 54.8 Å². The van der Waals surface area contributed by atoms with E-state index < -0.39 is 5.82 Å². The maximum atomic E-state index is 15.1. The Hall–Kier alpha value is -4.96. The van der Waals surface area contributed by atoms with Gasteiger partial charge in [-0.2, -0.15) is 0 Å². The van der Waals surface area contributed by atoms with Gasteiger partial charge in [-0.05, 0) is 122 Å². The predicted octanol–water partition coefficient (Wildman–Crippen LogP) is 9.53. The van der Waals surface area contributed by atoms with E-state index in [4.69, 9.17) is 40.0 Å². The second-order valence-electron chi connectivity index (χ2n) is 14.2. The van der Waals surface area contributed by atoms with Crippen LogP contribution in [0.3, 0.4) is 0 Å². The van der Waals surface area contributed by atoms with E-state index in [1.165, 1.54) is 22.8 Å². The molecule has 280 valence electrons. The molecule has 0 unspecified atom stereocenters. The lowest BCUT2D eigenvalue weighted by Crippen LogP contribution is -2.34. The summed E-state index contributed by atoms with van der Waals surface area (Å²) >= 11 is 6.49. The number of hydrogen-bond acceptors (Lipinski definition) is 8. The van der Waals surface area contributed by atoms with Crippen LogP contribution >= 0.6 is 11.6 Å². The summed E-state index contributed by atoms with van der Waals surface area (Å²) in [5.41, 5.74) is 6.91. The van der Waals surface area contributed by atoms with E-state index in [9.17, 15) is 0 Å². The normalized spacial score (nSPS) is 18.1. The van der Waals surface area contributed by atoms with Crippen molar-refractivity contribution >= 4 is 11.6 Å².